The van der Waals surface area contributed by atoms with E-state index in [0.717, 1.165) is 0 Å². The van der Waals surface area contributed by atoms with Crippen LogP contribution in [0, 0.1) is 0 Å². The summed E-state index contributed by atoms with van der Waals surface area (Å²) in [4.78, 5) is 11.7. The molecule has 106 valence electrons. The summed E-state index contributed by atoms with van der Waals surface area (Å²) in [5.41, 5.74) is 0.645. The maximum Gasteiger partial charge on any atom is 0.242 e. The van der Waals surface area contributed by atoms with Crippen molar-refractivity contribution < 1.29 is 14.3 Å². The minimum atomic E-state index is -0.390. The number of ether oxygens (including phenoxy) is 2. The summed E-state index contributed by atoms with van der Waals surface area (Å²) >= 11 is 6.06. The topological polar surface area (TPSA) is 59.6 Å². The summed E-state index contributed by atoms with van der Waals surface area (Å²) in [6.45, 7) is 4.23. The first-order valence-electron chi connectivity index (χ1n) is 5.99. The fraction of sp³-hybridized carbons (Fsp3) is 0.462. The Hall–Kier alpha value is -1.62. The van der Waals surface area contributed by atoms with E-state index in [1.807, 2.05) is 6.92 Å². The van der Waals surface area contributed by atoms with E-state index in [4.69, 9.17) is 21.1 Å². The number of rotatable bonds is 6. The Morgan fingerprint density at radius 3 is 2.47 bits per heavy atom. The summed E-state index contributed by atoms with van der Waals surface area (Å²) in [5.74, 6) is 1.00. The second kappa shape index (κ2) is 7.09. The zero-order chi connectivity index (χ0) is 14.4. The summed E-state index contributed by atoms with van der Waals surface area (Å²) in [5, 5.41) is 6.25. The first-order chi connectivity index (χ1) is 9.03. The highest BCUT2D eigenvalue weighted by atomic mass is 35.5. The van der Waals surface area contributed by atoms with Crippen molar-refractivity contribution >= 4 is 23.2 Å². The largest absolute Gasteiger partial charge is 0.495 e. The Labute approximate surface area is 118 Å². The smallest absolute Gasteiger partial charge is 0.242 e. The maximum absolute atomic E-state index is 11.7. The van der Waals surface area contributed by atoms with Crippen LogP contribution in [0.1, 0.15) is 13.8 Å². The van der Waals surface area contributed by atoms with Gasteiger partial charge in [0.15, 0.2) is 0 Å². The van der Waals surface area contributed by atoms with Gasteiger partial charge < -0.3 is 20.1 Å². The van der Waals surface area contributed by atoms with Crippen LogP contribution in [0.25, 0.3) is 0 Å². The van der Waals surface area contributed by atoms with Gasteiger partial charge in [-0.2, -0.15) is 0 Å². The van der Waals surface area contributed by atoms with Crippen molar-refractivity contribution in [2.75, 3.05) is 26.1 Å². The number of amides is 1. The number of nitrogens with one attached hydrogen (secondary N) is 2. The molecule has 5 nitrogen and oxygen atoms in total. The van der Waals surface area contributed by atoms with Gasteiger partial charge in [-0.05, 0) is 19.9 Å². The number of methoxy groups -OCH3 is 2. The van der Waals surface area contributed by atoms with E-state index in [1.165, 1.54) is 7.11 Å². The molecule has 1 rings (SSSR count). The van der Waals surface area contributed by atoms with E-state index in [1.54, 1.807) is 26.2 Å². The van der Waals surface area contributed by atoms with Gasteiger partial charge in [0.1, 0.15) is 17.5 Å². The third kappa shape index (κ3) is 3.92. The van der Waals surface area contributed by atoms with Crippen LogP contribution in [0.5, 0.6) is 11.5 Å². The average molecular weight is 287 g/mol. The van der Waals surface area contributed by atoms with E-state index in [-0.39, 0.29) is 5.91 Å². The Morgan fingerprint density at radius 2 is 1.95 bits per heavy atom. The zero-order valence-corrected chi connectivity index (χ0v) is 12.3. The lowest BCUT2D eigenvalue weighted by molar-refractivity contribution is -0.121. The van der Waals surface area contributed by atoms with Gasteiger partial charge in [-0.3, -0.25) is 4.79 Å². The van der Waals surface area contributed by atoms with Crippen molar-refractivity contribution in [1.29, 1.82) is 0 Å². The number of likely N-dealkylation sites (N-methyl/N-ethyl adjacent to an activating group) is 1. The fourth-order valence-electron chi connectivity index (χ4n) is 1.60. The number of carbonyl (C=O) groups is 1. The molecule has 0 radical (unpaired) electrons. The SMILES string of the molecule is CCNC(=O)[C@H](C)Nc1cc(Cl)c(OC)cc1OC. The van der Waals surface area contributed by atoms with Crippen LogP contribution in [0.3, 0.4) is 0 Å². The van der Waals surface area contributed by atoms with Crippen molar-refractivity contribution in [1.82, 2.24) is 5.32 Å². The zero-order valence-electron chi connectivity index (χ0n) is 11.5. The molecule has 0 bridgehead atoms. The van der Waals surface area contributed by atoms with Gasteiger partial charge >= 0.3 is 0 Å². The van der Waals surface area contributed by atoms with Gasteiger partial charge in [0.2, 0.25) is 5.91 Å². The van der Waals surface area contributed by atoms with E-state index >= 15 is 0 Å². The molecule has 19 heavy (non-hydrogen) atoms. The number of carbonyl (C=O) groups excluding carboxylic acids is 1. The molecule has 0 aromatic heterocycles. The second-order valence-corrected chi connectivity index (χ2v) is 4.35. The molecular formula is C13H19ClN2O3. The Bertz CT molecular complexity index is 452. The number of anilines is 1. The number of hydrogen-bond donors (Lipinski definition) is 2. The van der Waals surface area contributed by atoms with Crippen LogP contribution >= 0.6 is 11.6 Å². The summed E-state index contributed by atoms with van der Waals surface area (Å²) in [6, 6.07) is 2.96. The standard InChI is InChI=1S/C13H19ClN2O3/c1-5-15-13(17)8(2)16-10-6-9(14)11(18-3)7-12(10)19-4/h6-8,16H,5H2,1-4H3,(H,15,17)/t8-/m0/s1. The number of benzene rings is 1. The molecule has 0 spiro atoms. The summed E-state index contributed by atoms with van der Waals surface area (Å²) < 4.78 is 10.4. The van der Waals surface area contributed by atoms with E-state index in [2.05, 4.69) is 10.6 Å². The molecule has 1 aromatic rings. The van der Waals surface area contributed by atoms with Gasteiger partial charge in [-0.1, -0.05) is 11.6 Å². The predicted octanol–water partition coefficient (Wildman–Crippen LogP) is 2.29. The van der Waals surface area contributed by atoms with Crippen LogP contribution in [0.15, 0.2) is 12.1 Å². The monoisotopic (exact) mass is 286 g/mol. The lowest BCUT2D eigenvalue weighted by Crippen LogP contribution is -2.37. The molecule has 0 aliphatic rings. The van der Waals surface area contributed by atoms with Crippen LogP contribution in [-0.4, -0.2) is 32.7 Å². The number of hydrogen-bond acceptors (Lipinski definition) is 4. The molecule has 1 aromatic carbocycles. The lowest BCUT2D eigenvalue weighted by atomic mass is 10.2. The molecule has 2 N–H and O–H groups in total. The van der Waals surface area contributed by atoms with Gasteiger partial charge in [0, 0.05) is 12.6 Å². The van der Waals surface area contributed by atoms with Crippen LogP contribution < -0.4 is 20.1 Å². The van der Waals surface area contributed by atoms with Crippen LogP contribution in [0.4, 0.5) is 5.69 Å². The lowest BCUT2D eigenvalue weighted by Gasteiger charge is -2.18. The molecule has 0 saturated heterocycles. The Morgan fingerprint density at radius 1 is 1.32 bits per heavy atom. The number of halogens is 1. The summed E-state index contributed by atoms with van der Waals surface area (Å²) in [7, 11) is 3.08. The predicted molar refractivity (Wildman–Crippen MR) is 76.3 cm³/mol. The maximum atomic E-state index is 11.7. The highest BCUT2D eigenvalue weighted by Gasteiger charge is 2.16. The van der Waals surface area contributed by atoms with Crippen LogP contribution in [-0.2, 0) is 4.79 Å². The van der Waals surface area contributed by atoms with Gasteiger partial charge in [0.05, 0.1) is 24.9 Å². The van der Waals surface area contributed by atoms with E-state index < -0.39 is 6.04 Å². The molecule has 0 saturated carbocycles. The highest BCUT2D eigenvalue weighted by Crippen LogP contribution is 2.36. The molecule has 0 unspecified atom stereocenters. The quantitative estimate of drug-likeness (QED) is 0.842. The molecule has 0 aliphatic heterocycles. The molecular weight excluding hydrogens is 268 g/mol. The third-order valence-electron chi connectivity index (χ3n) is 2.59. The summed E-state index contributed by atoms with van der Waals surface area (Å²) in [6.07, 6.45) is 0. The average Bonchev–Trinajstić information content (AvgIpc) is 2.39. The minimum absolute atomic E-state index is 0.0866. The van der Waals surface area contributed by atoms with Gasteiger partial charge in [0.25, 0.3) is 0 Å². The van der Waals surface area contributed by atoms with Crippen molar-refractivity contribution in [3.05, 3.63) is 17.2 Å². The molecule has 0 aliphatic carbocycles. The molecule has 1 amide bonds. The van der Waals surface area contributed by atoms with Gasteiger partial charge in [-0.25, -0.2) is 0 Å². The van der Waals surface area contributed by atoms with Crippen molar-refractivity contribution in [2.24, 2.45) is 0 Å². The minimum Gasteiger partial charge on any atom is -0.495 e. The van der Waals surface area contributed by atoms with Gasteiger partial charge in [-0.15, -0.1) is 0 Å². The highest BCUT2D eigenvalue weighted by molar-refractivity contribution is 6.32. The fourth-order valence-corrected chi connectivity index (χ4v) is 1.84. The normalized spacial score (nSPS) is 11.6. The molecule has 0 heterocycles. The van der Waals surface area contributed by atoms with E-state index in [9.17, 15) is 4.79 Å². The van der Waals surface area contributed by atoms with Crippen molar-refractivity contribution in [3.63, 3.8) is 0 Å². The third-order valence-corrected chi connectivity index (χ3v) is 2.89. The Balaban J connectivity index is 2.94. The second-order valence-electron chi connectivity index (χ2n) is 3.95. The van der Waals surface area contributed by atoms with E-state index in [0.29, 0.717) is 28.8 Å². The molecule has 1 atom stereocenters. The molecule has 6 heteroatoms. The van der Waals surface area contributed by atoms with Crippen molar-refractivity contribution in [2.45, 2.75) is 19.9 Å². The van der Waals surface area contributed by atoms with Crippen LogP contribution in [0.2, 0.25) is 5.02 Å². The first-order valence-corrected chi connectivity index (χ1v) is 6.37. The molecule has 0 fully saturated rings. The van der Waals surface area contributed by atoms with Crippen molar-refractivity contribution in [3.8, 4) is 11.5 Å². The first kappa shape index (κ1) is 15.4. The Kier molecular flexibility index (Phi) is 5.76.